The number of amides is 1. The SMILES string of the molecule is O=C(c1cnn2c(C(F)F)cc(-c3ccc(F)cc3)nc12)N1CCc2ccccc2C1. The van der Waals surface area contributed by atoms with Gasteiger partial charge in [-0.05, 0) is 47.9 Å². The van der Waals surface area contributed by atoms with Gasteiger partial charge in [0.25, 0.3) is 12.3 Å². The Morgan fingerprint density at radius 3 is 2.52 bits per heavy atom. The van der Waals surface area contributed by atoms with Gasteiger partial charge in [0.05, 0.1) is 11.9 Å². The Morgan fingerprint density at radius 1 is 1.03 bits per heavy atom. The molecule has 5 nitrogen and oxygen atoms in total. The van der Waals surface area contributed by atoms with E-state index in [1.165, 1.54) is 42.1 Å². The third-order valence-corrected chi connectivity index (χ3v) is 5.51. The minimum atomic E-state index is -2.82. The molecule has 1 amide bonds. The van der Waals surface area contributed by atoms with Gasteiger partial charge in [0.15, 0.2) is 5.65 Å². The second-order valence-corrected chi connectivity index (χ2v) is 7.41. The van der Waals surface area contributed by atoms with Crippen LogP contribution in [-0.2, 0) is 13.0 Å². The molecule has 0 radical (unpaired) electrons. The fraction of sp³-hybridized carbons (Fsp3) is 0.174. The van der Waals surface area contributed by atoms with Gasteiger partial charge in [-0.25, -0.2) is 22.7 Å². The summed E-state index contributed by atoms with van der Waals surface area (Å²) in [5.41, 5.74) is 2.78. The molecule has 1 aliphatic heterocycles. The van der Waals surface area contributed by atoms with Crippen LogP contribution in [0.1, 0.15) is 33.6 Å². The van der Waals surface area contributed by atoms with Gasteiger partial charge in [-0.3, -0.25) is 4.79 Å². The van der Waals surface area contributed by atoms with Crippen molar-refractivity contribution in [2.45, 2.75) is 19.4 Å². The molecule has 31 heavy (non-hydrogen) atoms. The van der Waals surface area contributed by atoms with Crippen LogP contribution in [0.4, 0.5) is 13.2 Å². The molecule has 2 aromatic carbocycles. The number of alkyl halides is 2. The zero-order valence-electron chi connectivity index (χ0n) is 16.3. The maximum Gasteiger partial charge on any atom is 0.280 e. The summed E-state index contributed by atoms with van der Waals surface area (Å²) in [6.07, 6.45) is -0.821. The van der Waals surface area contributed by atoms with Crippen LogP contribution >= 0.6 is 0 Å². The molecule has 0 aliphatic carbocycles. The summed E-state index contributed by atoms with van der Waals surface area (Å²) in [7, 11) is 0. The Bertz CT molecular complexity index is 1280. The summed E-state index contributed by atoms with van der Waals surface area (Å²) in [4.78, 5) is 19.4. The number of aromatic nitrogens is 3. The molecule has 0 atom stereocenters. The lowest BCUT2D eigenvalue weighted by Crippen LogP contribution is -2.36. The Kier molecular flexibility index (Phi) is 4.69. The molecule has 1 aliphatic rings. The van der Waals surface area contributed by atoms with E-state index >= 15 is 0 Å². The minimum absolute atomic E-state index is 0.0565. The van der Waals surface area contributed by atoms with Gasteiger partial charge < -0.3 is 4.90 Å². The summed E-state index contributed by atoms with van der Waals surface area (Å²) in [5.74, 6) is -0.752. The lowest BCUT2D eigenvalue weighted by molar-refractivity contribution is 0.0736. The number of hydrogen-bond donors (Lipinski definition) is 0. The standard InChI is InChI=1S/C23H17F3N4O/c24-17-7-5-15(6-8-17)19-11-20(21(25)26)30-22(28-19)18(12-27-30)23(31)29-10-9-14-3-1-2-4-16(14)13-29/h1-8,11-12,21H,9-10,13H2. The lowest BCUT2D eigenvalue weighted by atomic mass is 9.99. The first-order valence-electron chi connectivity index (χ1n) is 9.80. The van der Waals surface area contributed by atoms with Crippen molar-refractivity contribution in [1.82, 2.24) is 19.5 Å². The van der Waals surface area contributed by atoms with Crippen LogP contribution in [-0.4, -0.2) is 31.9 Å². The second-order valence-electron chi connectivity index (χ2n) is 7.41. The topological polar surface area (TPSA) is 50.5 Å². The third-order valence-electron chi connectivity index (χ3n) is 5.51. The predicted molar refractivity (Wildman–Crippen MR) is 108 cm³/mol. The van der Waals surface area contributed by atoms with Crippen LogP contribution in [0.25, 0.3) is 16.9 Å². The van der Waals surface area contributed by atoms with E-state index in [0.29, 0.717) is 18.7 Å². The van der Waals surface area contributed by atoms with Crippen LogP contribution in [0.15, 0.2) is 60.8 Å². The van der Waals surface area contributed by atoms with Crippen LogP contribution in [0, 0.1) is 5.82 Å². The highest BCUT2D eigenvalue weighted by atomic mass is 19.3. The maximum atomic E-state index is 13.7. The normalized spacial score (nSPS) is 13.6. The van der Waals surface area contributed by atoms with Gasteiger partial charge in [0.1, 0.15) is 17.1 Å². The molecular weight excluding hydrogens is 405 g/mol. The first-order valence-corrected chi connectivity index (χ1v) is 9.80. The van der Waals surface area contributed by atoms with Crippen molar-refractivity contribution < 1.29 is 18.0 Å². The fourth-order valence-corrected chi connectivity index (χ4v) is 3.90. The van der Waals surface area contributed by atoms with E-state index in [4.69, 9.17) is 0 Å². The number of carbonyl (C=O) groups is 1. The highest BCUT2D eigenvalue weighted by Gasteiger charge is 2.27. The molecule has 0 N–H and O–H groups in total. The summed E-state index contributed by atoms with van der Waals surface area (Å²) in [6, 6.07) is 14.5. The molecule has 8 heteroatoms. The molecule has 0 saturated heterocycles. The monoisotopic (exact) mass is 422 g/mol. The second kappa shape index (κ2) is 7.54. The van der Waals surface area contributed by atoms with Gasteiger partial charge in [0.2, 0.25) is 0 Å². The van der Waals surface area contributed by atoms with E-state index in [-0.39, 0.29) is 28.5 Å². The van der Waals surface area contributed by atoms with Crippen LogP contribution in [0.3, 0.4) is 0 Å². The Morgan fingerprint density at radius 2 is 1.77 bits per heavy atom. The van der Waals surface area contributed by atoms with Gasteiger partial charge >= 0.3 is 0 Å². The largest absolute Gasteiger partial charge is 0.334 e. The molecular formula is C23H17F3N4O. The molecule has 2 aromatic heterocycles. The van der Waals surface area contributed by atoms with E-state index in [2.05, 4.69) is 10.1 Å². The van der Waals surface area contributed by atoms with Crippen molar-refractivity contribution in [1.29, 1.82) is 0 Å². The van der Waals surface area contributed by atoms with E-state index in [9.17, 15) is 18.0 Å². The van der Waals surface area contributed by atoms with Crippen molar-refractivity contribution >= 4 is 11.6 Å². The van der Waals surface area contributed by atoms with Gasteiger partial charge in [-0.2, -0.15) is 5.10 Å². The van der Waals surface area contributed by atoms with E-state index in [0.717, 1.165) is 16.5 Å². The predicted octanol–water partition coefficient (Wildman–Crippen LogP) is 4.67. The van der Waals surface area contributed by atoms with Crippen molar-refractivity contribution in [2.75, 3.05) is 6.54 Å². The average Bonchev–Trinajstić information content (AvgIpc) is 3.22. The van der Waals surface area contributed by atoms with Crippen LogP contribution in [0.5, 0.6) is 0 Å². The van der Waals surface area contributed by atoms with E-state index in [1.807, 2.05) is 24.3 Å². The number of halogens is 3. The van der Waals surface area contributed by atoms with Gasteiger partial charge in [-0.1, -0.05) is 24.3 Å². The number of hydrogen-bond acceptors (Lipinski definition) is 3. The van der Waals surface area contributed by atoms with Crippen molar-refractivity contribution in [2.24, 2.45) is 0 Å². The zero-order valence-corrected chi connectivity index (χ0v) is 16.3. The molecule has 0 unspecified atom stereocenters. The molecule has 156 valence electrons. The van der Waals surface area contributed by atoms with Crippen molar-refractivity contribution in [3.8, 4) is 11.3 Å². The van der Waals surface area contributed by atoms with E-state index < -0.39 is 12.2 Å². The molecule has 5 rings (SSSR count). The molecule has 0 fully saturated rings. The summed E-state index contributed by atoms with van der Waals surface area (Å²) in [5, 5.41) is 4.02. The molecule has 0 bridgehead atoms. The number of nitrogens with zero attached hydrogens (tertiary/aromatic N) is 4. The Hall–Kier alpha value is -3.68. The quantitative estimate of drug-likeness (QED) is 0.482. The third kappa shape index (κ3) is 3.43. The Balaban J connectivity index is 1.58. The summed E-state index contributed by atoms with van der Waals surface area (Å²) in [6.45, 7) is 0.957. The Labute approximate surface area is 175 Å². The van der Waals surface area contributed by atoms with Crippen molar-refractivity contribution in [3.05, 3.63) is 89.0 Å². The van der Waals surface area contributed by atoms with Gasteiger partial charge in [0, 0.05) is 18.7 Å². The molecule has 4 aromatic rings. The average molecular weight is 422 g/mol. The fourth-order valence-electron chi connectivity index (χ4n) is 3.90. The first kappa shape index (κ1) is 19.3. The van der Waals surface area contributed by atoms with Crippen LogP contribution in [0.2, 0.25) is 0 Å². The van der Waals surface area contributed by atoms with E-state index in [1.54, 1.807) is 4.90 Å². The first-order chi connectivity index (χ1) is 15.0. The minimum Gasteiger partial charge on any atom is -0.334 e. The number of fused-ring (bicyclic) bond motifs is 2. The number of benzene rings is 2. The maximum absolute atomic E-state index is 13.7. The molecule has 3 heterocycles. The summed E-state index contributed by atoms with van der Waals surface area (Å²) >= 11 is 0. The highest BCUT2D eigenvalue weighted by molar-refractivity contribution is 6.00. The number of rotatable bonds is 3. The lowest BCUT2D eigenvalue weighted by Gasteiger charge is -2.28. The highest BCUT2D eigenvalue weighted by Crippen LogP contribution is 2.28. The van der Waals surface area contributed by atoms with Gasteiger partial charge in [-0.15, -0.1) is 0 Å². The number of carbonyl (C=O) groups excluding carboxylic acids is 1. The summed E-state index contributed by atoms with van der Waals surface area (Å²) < 4.78 is 41.8. The smallest absolute Gasteiger partial charge is 0.280 e. The van der Waals surface area contributed by atoms with Crippen LogP contribution < -0.4 is 0 Å². The van der Waals surface area contributed by atoms with Crippen molar-refractivity contribution in [3.63, 3.8) is 0 Å². The molecule has 0 saturated carbocycles. The molecule has 0 spiro atoms. The zero-order chi connectivity index (χ0) is 21.5.